The number of nitrogens with zero attached hydrogens (tertiary/aromatic N) is 4. The Hall–Kier alpha value is -2.06. The van der Waals surface area contributed by atoms with Crippen LogP contribution in [0.4, 0.5) is 4.79 Å². The number of halogens is 1. The molecular weight excluding hydrogens is 384 g/mol. The summed E-state index contributed by atoms with van der Waals surface area (Å²) in [7, 11) is 1.74. The monoisotopic (exact) mass is 408 g/mol. The Morgan fingerprint density at radius 3 is 2.50 bits per heavy atom. The predicted octanol–water partition coefficient (Wildman–Crippen LogP) is 2.99. The summed E-state index contributed by atoms with van der Waals surface area (Å²) >= 11 is 6.10. The first-order valence-electron chi connectivity index (χ1n) is 9.48. The molecule has 1 amide bonds. The molecule has 0 radical (unpaired) electrons. The molecule has 0 atom stereocenters. The highest BCUT2D eigenvalue weighted by Gasteiger charge is 2.39. The first-order chi connectivity index (χ1) is 13.2. The van der Waals surface area contributed by atoms with E-state index in [-0.39, 0.29) is 29.9 Å². The molecule has 9 heteroatoms. The van der Waals surface area contributed by atoms with Crippen LogP contribution in [-0.4, -0.2) is 57.0 Å². The Morgan fingerprint density at radius 1 is 1.25 bits per heavy atom. The van der Waals surface area contributed by atoms with Gasteiger partial charge in [0, 0.05) is 19.1 Å². The van der Waals surface area contributed by atoms with Crippen molar-refractivity contribution >= 4 is 28.9 Å². The third kappa shape index (κ3) is 3.28. The van der Waals surface area contributed by atoms with Crippen LogP contribution in [0.15, 0.2) is 16.9 Å². The number of aromatic nitrogens is 3. The van der Waals surface area contributed by atoms with Crippen LogP contribution in [0.5, 0.6) is 0 Å². The molecule has 1 saturated heterocycles. The molecule has 8 nitrogen and oxygen atoms in total. The van der Waals surface area contributed by atoms with E-state index in [0.29, 0.717) is 36.9 Å². The van der Waals surface area contributed by atoms with Gasteiger partial charge in [-0.25, -0.2) is 14.6 Å². The maximum absolute atomic E-state index is 13.1. The zero-order valence-corrected chi connectivity index (χ0v) is 17.3. The van der Waals surface area contributed by atoms with Gasteiger partial charge in [0.1, 0.15) is 10.8 Å². The first-order valence-corrected chi connectivity index (χ1v) is 9.86. The molecule has 0 bridgehead atoms. The van der Waals surface area contributed by atoms with Gasteiger partial charge >= 0.3 is 11.8 Å². The van der Waals surface area contributed by atoms with E-state index >= 15 is 0 Å². The fraction of sp³-hybridized carbons (Fsp3) is 0.632. The van der Waals surface area contributed by atoms with Gasteiger partial charge in [-0.1, -0.05) is 11.6 Å². The molecule has 1 aliphatic carbocycles. The molecule has 2 fully saturated rings. The SMILES string of the molecule is CN(C(=O)OC(C)(C)C)[C@H]1C[C@H](n2c(=O)n(C3COC3)c3ccc(Cl)nc32)C1. The largest absolute Gasteiger partial charge is 0.444 e. The Balaban J connectivity index is 1.58. The van der Waals surface area contributed by atoms with Gasteiger partial charge < -0.3 is 14.4 Å². The fourth-order valence-corrected chi connectivity index (χ4v) is 3.86. The summed E-state index contributed by atoms with van der Waals surface area (Å²) < 4.78 is 14.2. The number of carbonyl (C=O) groups is 1. The Kier molecular flexibility index (Phi) is 4.66. The van der Waals surface area contributed by atoms with Crippen LogP contribution in [0.1, 0.15) is 45.7 Å². The van der Waals surface area contributed by atoms with Crippen LogP contribution >= 0.6 is 11.6 Å². The smallest absolute Gasteiger partial charge is 0.410 e. The van der Waals surface area contributed by atoms with Gasteiger partial charge in [0.15, 0.2) is 5.65 Å². The molecule has 4 rings (SSSR count). The van der Waals surface area contributed by atoms with Gasteiger partial charge in [0.2, 0.25) is 0 Å². The molecular formula is C19H25ClN4O4. The van der Waals surface area contributed by atoms with E-state index in [1.165, 1.54) is 0 Å². The highest BCUT2D eigenvalue weighted by atomic mass is 35.5. The van der Waals surface area contributed by atoms with Gasteiger partial charge in [-0.3, -0.25) is 9.13 Å². The van der Waals surface area contributed by atoms with E-state index in [2.05, 4.69) is 4.98 Å². The summed E-state index contributed by atoms with van der Waals surface area (Å²) in [4.78, 5) is 31.5. The van der Waals surface area contributed by atoms with E-state index in [1.54, 1.807) is 27.1 Å². The number of amides is 1. The molecule has 28 heavy (non-hydrogen) atoms. The lowest BCUT2D eigenvalue weighted by Gasteiger charge is -2.41. The molecule has 2 aromatic rings. The number of fused-ring (bicyclic) bond motifs is 1. The van der Waals surface area contributed by atoms with Crippen molar-refractivity contribution in [3.63, 3.8) is 0 Å². The van der Waals surface area contributed by atoms with Crippen molar-refractivity contribution < 1.29 is 14.3 Å². The van der Waals surface area contributed by atoms with E-state index in [0.717, 1.165) is 5.52 Å². The summed E-state index contributed by atoms with van der Waals surface area (Å²) in [6.07, 6.45) is 0.993. The molecule has 1 aliphatic heterocycles. The summed E-state index contributed by atoms with van der Waals surface area (Å²) in [6.45, 7) is 6.58. The van der Waals surface area contributed by atoms with Gasteiger partial charge in [-0.2, -0.15) is 0 Å². The van der Waals surface area contributed by atoms with E-state index in [4.69, 9.17) is 21.1 Å². The Bertz CT molecular complexity index is 967. The lowest BCUT2D eigenvalue weighted by Crippen LogP contribution is -2.49. The fourth-order valence-electron chi connectivity index (χ4n) is 3.72. The average Bonchev–Trinajstić information content (AvgIpc) is 2.76. The third-order valence-electron chi connectivity index (χ3n) is 5.39. The van der Waals surface area contributed by atoms with Crippen molar-refractivity contribution in [2.45, 2.75) is 57.3 Å². The molecule has 152 valence electrons. The number of pyridine rings is 1. The molecule has 2 aromatic heterocycles. The van der Waals surface area contributed by atoms with Gasteiger partial charge in [0.25, 0.3) is 0 Å². The van der Waals surface area contributed by atoms with Gasteiger partial charge in [-0.05, 0) is 45.7 Å². The minimum Gasteiger partial charge on any atom is -0.444 e. The zero-order valence-electron chi connectivity index (χ0n) is 16.5. The molecule has 0 unspecified atom stereocenters. The Morgan fingerprint density at radius 2 is 1.93 bits per heavy atom. The molecule has 3 heterocycles. The zero-order chi connectivity index (χ0) is 20.2. The van der Waals surface area contributed by atoms with E-state index < -0.39 is 5.60 Å². The van der Waals surface area contributed by atoms with E-state index in [9.17, 15) is 9.59 Å². The van der Waals surface area contributed by atoms with Gasteiger partial charge in [-0.15, -0.1) is 0 Å². The normalized spacial score (nSPS) is 22.6. The average molecular weight is 409 g/mol. The van der Waals surface area contributed by atoms with Crippen molar-refractivity contribution in [3.05, 3.63) is 27.8 Å². The summed E-state index contributed by atoms with van der Waals surface area (Å²) in [5, 5.41) is 0.352. The molecule has 0 N–H and O–H groups in total. The number of carbonyl (C=O) groups excluding carboxylic acids is 1. The number of rotatable bonds is 3. The highest BCUT2D eigenvalue weighted by molar-refractivity contribution is 6.29. The lowest BCUT2D eigenvalue weighted by atomic mass is 9.85. The minimum absolute atomic E-state index is 0.0244. The third-order valence-corrected chi connectivity index (χ3v) is 5.60. The van der Waals surface area contributed by atoms with Crippen LogP contribution in [0.25, 0.3) is 11.2 Å². The molecule has 0 aromatic carbocycles. The van der Waals surface area contributed by atoms with Crippen LogP contribution in [0.2, 0.25) is 5.15 Å². The van der Waals surface area contributed by atoms with Crippen LogP contribution < -0.4 is 5.69 Å². The number of ether oxygens (including phenoxy) is 2. The van der Waals surface area contributed by atoms with Crippen molar-refractivity contribution in [3.8, 4) is 0 Å². The lowest BCUT2D eigenvalue weighted by molar-refractivity contribution is -0.0237. The van der Waals surface area contributed by atoms with Crippen molar-refractivity contribution in [2.24, 2.45) is 0 Å². The maximum atomic E-state index is 13.1. The summed E-state index contributed by atoms with van der Waals surface area (Å²) in [6, 6.07) is 3.56. The number of imidazole rings is 1. The summed E-state index contributed by atoms with van der Waals surface area (Å²) in [5.41, 5.74) is 0.727. The van der Waals surface area contributed by atoms with E-state index in [1.807, 2.05) is 26.8 Å². The second kappa shape index (κ2) is 6.77. The van der Waals surface area contributed by atoms with Crippen molar-refractivity contribution in [2.75, 3.05) is 20.3 Å². The maximum Gasteiger partial charge on any atom is 0.410 e. The summed E-state index contributed by atoms with van der Waals surface area (Å²) in [5.74, 6) is 0. The number of hydrogen-bond donors (Lipinski definition) is 0. The van der Waals surface area contributed by atoms with Crippen LogP contribution in [-0.2, 0) is 9.47 Å². The van der Waals surface area contributed by atoms with Gasteiger partial charge in [0.05, 0.1) is 24.8 Å². The van der Waals surface area contributed by atoms with Crippen LogP contribution in [0.3, 0.4) is 0 Å². The number of hydrogen-bond acceptors (Lipinski definition) is 5. The topological polar surface area (TPSA) is 78.6 Å². The predicted molar refractivity (Wildman–Crippen MR) is 105 cm³/mol. The second-order valence-electron chi connectivity index (χ2n) is 8.56. The molecule has 0 spiro atoms. The highest BCUT2D eigenvalue weighted by Crippen LogP contribution is 2.37. The molecule has 1 saturated carbocycles. The first kappa shape index (κ1) is 19.3. The quantitative estimate of drug-likeness (QED) is 0.729. The Labute approximate surface area is 168 Å². The van der Waals surface area contributed by atoms with Crippen molar-refractivity contribution in [1.82, 2.24) is 19.0 Å². The van der Waals surface area contributed by atoms with Crippen LogP contribution in [0, 0.1) is 0 Å². The second-order valence-corrected chi connectivity index (χ2v) is 8.95. The molecule has 2 aliphatic rings. The minimum atomic E-state index is -0.537. The van der Waals surface area contributed by atoms with Crippen molar-refractivity contribution in [1.29, 1.82) is 0 Å². The standard InChI is InChI=1S/C19H25ClN4O4/c1-19(2,3)28-18(26)22(4)11-7-12(8-11)24-16-14(5-6-15(20)21-16)23(17(24)25)13-9-27-10-13/h5-6,11-13H,7-10H2,1-4H3/t11-,12-.